The second-order valence-electron chi connectivity index (χ2n) is 5.25. The maximum Gasteiger partial charge on any atom is 0.245 e. The second kappa shape index (κ2) is 8.51. The minimum absolute atomic E-state index is 0.257. The Bertz CT molecular complexity index is 355. The Kier molecular flexibility index (Phi) is 6.65. The first-order valence-corrected chi connectivity index (χ1v) is 8.02. The van der Waals surface area contributed by atoms with Gasteiger partial charge in [-0.3, -0.25) is 0 Å². The van der Waals surface area contributed by atoms with E-state index in [1.54, 1.807) is 6.20 Å². The van der Waals surface area contributed by atoms with Crippen LogP contribution in [0.1, 0.15) is 19.8 Å². The molecule has 1 aromatic heterocycles. The van der Waals surface area contributed by atoms with Crippen LogP contribution in [0.2, 0.25) is 0 Å². The van der Waals surface area contributed by atoms with E-state index in [0.29, 0.717) is 12.4 Å². The zero-order valence-corrected chi connectivity index (χ0v) is 12.8. The number of nitrogens with one attached hydrogen (secondary N) is 1. The lowest BCUT2D eigenvalue weighted by Crippen LogP contribution is -2.39. The molecule has 2 rings (SSSR count). The van der Waals surface area contributed by atoms with Crippen molar-refractivity contribution >= 4 is 11.7 Å². The number of ether oxygens (including phenoxy) is 1. The van der Waals surface area contributed by atoms with E-state index < -0.39 is 6.10 Å². The third-order valence-electron chi connectivity index (χ3n) is 3.73. The highest BCUT2D eigenvalue weighted by Gasteiger charge is 2.17. The molecule has 1 saturated heterocycles. The third-order valence-corrected chi connectivity index (χ3v) is 4.19. The number of hydrogen-bond donors (Lipinski definition) is 2. The number of aliphatic hydroxyl groups excluding tert-OH is 1. The Morgan fingerprint density at radius 3 is 3.00 bits per heavy atom. The summed E-state index contributed by atoms with van der Waals surface area (Å²) in [5.74, 6) is 1.22. The maximum absolute atomic E-state index is 9.82. The van der Waals surface area contributed by atoms with Gasteiger partial charge in [-0.25, -0.2) is 0 Å². The van der Waals surface area contributed by atoms with Crippen molar-refractivity contribution in [1.29, 1.82) is 0 Å². The molecule has 1 aliphatic heterocycles. The fourth-order valence-electron chi connectivity index (χ4n) is 2.42. The van der Waals surface area contributed by atoms with Crippen LogP contribution in [0.25, 0.3) is 0 Å². The van der Waals surface area contributed by atoms with Crippen molar-refractivity contribution < 1.29 is 9.84 Å². The highest BCUT2D eigenvalue weighted by atomic mass is 32.1. The molecule has 114 valence electrons. The van der Waals surface area contributed by atoms with Crippen LogP contribution in [0, 0.1) is 5.92 Å². The molecule has 2 N–H and O–H groups in total. The highest BCUT2D eigenvalue weighted by molar-refractivity contribution is 6.99. The Hall–Kier alpha value is -0.760. The minimum atomic E-state index is -0.507. The molecule has 0 amide bonds. The summed E-state index contributed by atoms with van der Waals surface area (Å²) in [6.45, 7) is 7.57. The third kappa shape index (κ3) is 5.32. The molecule has 20 heavy (non-hydrogen) atoms. The van der Waals surface area contributed by atoms with E-state index in [1.165, 1.54) is 25.9 Å². The molecule has 1 unspecified atom stereocenters. The summed E-state index contributed by atoms with van der Waals surface area (Å²) in [5, 5.41) is 13.2. The van der Waals surface area contributed by atoms with E-state index in [9.17, 15) is 5.11 Å². The van der Waals surface area contributed by atoms with Gasteiger partial charge in [0.2, 0.25) is 5.88 Å². The summed E-state index contributed by atoms with van der Waals surface area (Å²) < 4.78 is 13.1. The van der Waals surface area contributed by atoms with Gasteiger partial charge in [0.15, 0.2) is 0 Å². The van der Waals surface area contributed by atoms with Gasteiger partial charge in [0.1, 0.15) is 18.9 Å². The lowest BCUT2D eigenvalue weighted by Gasteiger charge is -2.31. The molecule has 0 spiro atoms. The number of nitrogens with zero attached hydrogens (tertiary/aromatic N) is 3. The number of likely N-dealkylation sites (tertiary alicyclic amines) is 1. The number of rotatable bonds is 8. The smallest absolute Gasteiger partial charge is 0.245 e. The zero-order chi connectivity index (χ0) is 14.2. The molecular formula is C13H24N4O2S. The Morgan fingerprint density at radius 2 is 2.35 bits per heavy atom. The zero-order valence-electron chi connectivity index (χ0n) is 12.0. The van der Waals surface area contributed by atoms with E-state index in [2.05, 4.69) is 25.9 Å². The van der Waals surface area contributed by atoms with Gasteiger partial charge in [0.05, 0.1) is 11.7 Å². The van der Waals surface area contributed by atoms with Gasteiger partial charge in [0.25, 0.3) is 0 Å². The fourth-order valence-corrected chi connectivity index (χ4v) is 2.79. The molecule has 0 saturated carbocycles. The van der Waals surface area contributed by atoms with Crippen LogP contribution in [0.4, 0.5) is 0 Å². The largest absolute Gasteiger partial charge is 0.473 e. The normalized spacial score (nSPS) is 19.1. The van der Waals surface area contributed by atoms with Crippen LogP contribution in [-0.4, -0.2) is 64.2 Å². The van der Waals surface area contributed by atoms with E-state index in [0.717, 1.165) is 30.7 Å². The Morgan fingerprint density at radius 1 is 1.55 bits per heavy atom. The molecule has 0 radical (unpaired) electrons. The molecule has 7 heteroatoms. The molecule has 1 aliphatic rings. The standard InChI is InChI=1S/C13H24N4O2S/c1-2-17-5-3-11(4-6-17)7-14-8-12(18)10-19-13-9-15-20-16-13/h9,11-12,14,18H,2-8,10H2,1H3. The van der Waals surface area contributed by atoms with E-state index in [1.807, 2.05) is 0 Å². The lowest BCUT2D eigenvalue weighted by molar-refractivity contribution is 0.101. The first kappa shape index (κ1) is 15.6. The van der Waals surface area contributed by atoms with Crippen molar-refractivity contribution in [2.24, 2.45) is 5.92 Å². The summed E-state index contributed by atoms with van der Waals surface area (Å²) in [5.41, 5.74) is 0. The minimum Gasteiger partial charge on any atom is -0.473 e. The van der Waals surface area contributed by atoms with Crippen molar-refractivity contribution in [2.75, 3.05) is 39.3 Å². The first-order chi connectivity index (χ1) is 9.78. The van der Waals surface area contributed by atoms with Crippen molar-refractivity contribution in [3.8, 4) is 5.88 Å². The summed E-state index contributed by atoms with van der Waals surface area (Å²) in [4.78, 5) is 2.49. The van der Waals surface area contributed by atoms with Gasteiger partial charge in [0, 0.05) is 6.54 Å². The van der Waals surface area contributed by atoms with E-state index in [4.69, 9.17) is 4.74 Å². The van der Waals surface area contributed by atoms with Crippen LogP contribution in [0.5, 0.6) is 5.88 Å². The predicted molar refractivity (Wildman–Crippen MR) is 79.1 cm³/mol. The molecular weight excluding hydrogens is 276 g/mol. The number of hydrogen-bond acceptors (Lipinski definition) is 7. The highest BCUT2D eigenvalue weighted by Crippen LogP contribution is 2.15. The molecule has 1 atom stereocenters. The average Bonchev–Trinajstić information content (AvgIpc) is 2.99. The van der Waals surface area contributed by atoms with Crippen LogP contribution in [0.15, 0.2) is 6.20 Å². The van der Waals surface area contributed by atoms with Crippen LogP contribution in [0.3, 0.4) is 0 Å². The molecule has 1 fully saturated rings. The predicted octanol–water partition coefficient (Wildman–Crippen LogP) is 0.599. The molecule has 0 aliphatic carbocycles. The van der Waals surface area contributed by atoms with Crippen molar-refractivity contribution in [3.63, 3.8) is 0 Å². The van der Waals surface area contributed by atoms with E-state index in [-0.39, 0.29) is 6.61 Å². The average molecular weight is 300 g/mol. The summed E-state index contributed by atoms with van der Waals surface area (Å²) >= 11 is 1.10. The summed E-state index contributed by atoms with van der Waals surface area (Å²) in [6.07, 6.45) is 3.55. The Labute approximate surface area is 124 Å². The van der Waals surface area contributed by atoms with Crippen molar-refractivity contribution in [3.05, 3.63) is 6.20 Å². The molecule has 2 heterocycles. The molecule has 6 nitrogen and oxygen atoms in total. The quantitative estimate of drug-likeness (QED) is 0.732. The second-order valence-corrected chi connectivity index (χ2v) is 5.80. The van der Waals surface area contributed by atoms with Gasteiger partial charge in [-0.15, -0.1) is 4.37 Å². The molecule has 1 aromatic rings. The van der Waals surface area contributed by atoms with Crippen molar-refractivity contribution in [2.45, 2.75) is 25.9 Å². The number of piperidine rings is 1. The van der Waals surface area contributed by atoms with Crippen molar-refractivity contribution in [1.82, 2.24) is 19.0 Å². The van der Waals surface area contributed by atoms with Gasteiger partial charge < -0.3 is 20.1 Å². The fraction of sp³-hybridized carbons (Fsp3) is 0.846. The molecule has 0 bridgehead atoms. The topological polar surface area (TPSA) is 70.5 Å². The van der Waals surface area contributed by atoms with Crippen LogP contribution < -0.4 is 10.1 Å². The molecule has 0 aromatic carbocycles. The van der Waals surface area contributed by atoms with E-state index >= 15 is 0 Å². The van der Waals surface area contributed by atoms with Gasteiger partial charge in [-0.05, 0) is 44.9 Å². The SMILES string of the molecule is CCN1CCC(CNCC(O)COc2cnsn2)CC1. The first-order valence-electron chi connectivity index (χ1n) is 7.29. The lowest BCUT2D eigenvalue weighted by atomic mass is 9.97. The number of aliphatic hydroxyl groups is 1. The Balaban J connectivity index is 1.52. The maximum atomic E-state index is 9.82. The van der Waals surface area contributed by atoms with Gasteiger partial charge in [-0.2, -0.15) is 4.37 Å². The summed E-state index contributed by atoms with van der Waals surface area (Å²) in [6, 6.07) is 0. The monoisotopic (exact) mass is 300 g/mol. The van der Waals surface area contributed by atoms with Gasteiger partial charge >= 0.3 is 0 Å². The van der Waals surface area contributed by atoms with Gasteiger partial charge in [-0.1, -0.05) is 6.92 Å². The summed E-state index contributed by atoms with van der Waals surface area (Å²) in [7, 11) is 0. The number of aromatic nitrogens is 2. The van der Waals surface area contributed by atoms with Crippen LogP contribution >= 0.6 is 11.7 Å². The van der Waals surface area contributed by atoms with Crippen LogP contribution in [-0.2, 0) is 0 Å².